The van der Waals surface area contributed by atoms with E-state index in [1.165, 1.54) is 12.1 Å². The van der Waals surface area contributed by atoms with Crippen molar-refractivity contribution >= 4 is 17.3 Å². The van der Waals surface area contributed by atoms with Crippen LogP contribution in [0.3, 0.4) is 0 Å². The van der Waals surface area contributed by atoms with Gasteiger partial charge in [-0.1, -0.05) is 13.8 Å². The molecule has 86 valence electrons. The number of hydrogen-bond donors (Lipinski definition) is 1. The number of anilines is 2. The van der Waals surface area contributed by atoms with Crippen molar-refractivity contribution < 1.29 is 9.18 Å². The molecule has 1 N–H and O–H groups in total. The van der Waals surface area contributed by atoms with Crippen molar-refractivity contribution in [1.29, 1.82) is 0 Å². The first-order chi connectivity index (χ1) is 7.56. The Morgan fingerprint density at radius 2 is 2.25 bits per heavy atom. The average molecular weight is 222 g/mol. The van der Waals surface area contributed by atoms with E-state index in [9.17, 15) is 9.18 Å². The summed E-state index contributed by atoms with van der Waals surface area (Å²) in [5.41, 5.74) is 1.46. The molecule has 0 aliphatic carbocycles. The number of carbonyl (C=O) groups is 1. The number of fused-ring (bicyclic) bond motifs is 1. The maximum atomic E-state index is 13.0. The minimum Gasteiger partial charge on any atom is -0.360 e. The van der Waals surface area contributed by atoms with Crippen molar-refractivity contribution in [2.75, 3.05) is 23.3 Å². The smallest absolute Gasteiger partial charge is 0.243 e. The first-order valence-electron chi connectivity index (χ1n) is 5.40. The second kappa shape index (κ2) is 4.12. The first-order valence-corrected chi connectivity index (χ1v) is 5.40. The number of hydrogen-bond acceptors (Lipinski definition) is 2. The van der Waals surface area contributed by atoms with Gasteiger partial charge in [-0.3, -0.25) is 4.79 Å². The topological polar surface area (TPSA) is 32.3 Å². The molecule has 0 atom stereocenters. The second-order valence-corrected chi connectivity index (χ2v) is 4.48. The lowest BCUT2D eigenvalue weighted by molar-refractivity contribution is -0.115. The fourth-order valence-corrected chi connectivity index (χ4v) is 1.94. The van der Waals surface area contributed by atoms with E-state index in [1.807, 2.05) is 4.90 Å². The van der Waals surface area contributed by atoms with Crippen LogP contribution in [0.4, 0.5) is 15.8 Å². The van der Waals surface area contributed by atoms with Crippen LogP contribution in [0.1, 0.15) is 13.8 Å². The Morgan fingerprint density at radius 3 is 2.94 bits per heavy atom. The number of carbonyl (C=O) groups excluding carboxylic acids is 1. The Bertz CT molecular complexity index is 417. The van der Waals surface area contributed by atoms with Gasteiger partial charge in [0.05, 0.1) is 17.9 Å². The van der Waals surface area contributed by atoms with Crippen LogP contribution in [0.25, 0.3) is 0 Å². The molecule has 1 aromatic carbocycles. The maximum Gasteiger partial charge on any atom is 0.243 e. The molecule has 1 aliphatic heterocycles. The Labute approximate surface area is 94.3 Å². The zero-order valence-corrected chi connectivity index (χ0v) is 9.46. The molecular formula is C12H15FN2O. The molecule has 16 heavy (non-hydrogen) atoms. The number of halogens is 1. The third-order valence-electron chi connectivity index (χ3n) is 2.49. The van der Waals surface area contributed by atoms with Crippen LogP contribution in [-0.2, 0) is 4.79 Å². The van der Waals surface area contributed by atoms with Crippen molar-refractivity contribution in [3.63, 3.8) is 0 Å². The van der Waals surface area contributed by atoms with Crippen LogP contribution in [0.2, 0.25) is 0 Å². The summed E-state index contributed by atoms with van der Waals surface area (Å²) in [5.74, 6) is 0.0491. The quantitative estimate of drug-likeness (QED) is 0.832. The SMILES string of the molecule is CC(C)CN1CC(=O)Nc2cc(F)ccc21. The van der Waals surface area contributed by atoms with Gasteiger partial charge in [0.25, 0.3) is 0 Å². The van der Waals surface area contributed by atoms with E-state index in [0.29, 0.717) is 18.2 Å². The van der Waals surface area contributed by atoms with Crippen LogP contribution in [0, 0.1) is 11.7 Å². The molecule has 0 bridgehead atoms. The fraction of sp³-hybridized carbons (Fsp3) is 0.417. The van der Waals surface area contributed by atoms with Crippen molar-refractivity contribution in [2.45, 2.75) is 13.8 Å². The van der Waals surface area contributed by atoms with Gasteiger partial charge < -0.3 is 10.2 Å². The summed E-state index contributed by atoms with van der Waals surface area (Å²) < 4.78 is 13.0. The summed E-state index contributed by atoms with van der Waals surface area (Å²) in [6, 6.07) is 4.50. The van der Waals surface area contributed by atoms with Crippen molar-refractivity contribution in [1.82, 2.24) is 0 Å². The van der Waals surface area contributed by atoms with Crippen LogP contribution in [0.5, 0.6) is 0 Å². The van der Waals surface area contributed by atoms with Crippen molar-refractivity contribution in [3.8, 4) is 0 Å². The molecule has 0 fully saturated rings. The van der Waals surface area contributed by atoms with Gasteiger partial charge in [0, 0.05) is 6.54 Å². The molecule has 3 nitrogen and oxygen atoms in total. The third kappa shape index (κ3) is 2.15. The lowest BCUT2D eigenvalue weighted by Gasteiger charge is -2.32. The van der Waals surface area contributed by atoms with Gasteiger partial charge in [-0.15, -0.1) is 0 Å². The van der Waals surface area contributed by atoms with Gasteiger partial charge in [0.2, 0.25) is 5.91 Å². The normalized spacial score (nSPS) is 15.0. The van der Waals surface area contributed by atoms with E-state index >= 15 is 0 Å². The highest BCUT2D eigenvalue weighted by Crippen LogP contribution is 2.30. The third-order valence-corrected chi connectivity index (χ3v) is 2.49. The van der Waals surface area contributed by atoms with Gasteiger partial charge in [-0.05, 0) is 24.1 Å². The molecule has 4 heteroatoms. The lowest BCUT2D eigenvalue weighted by Crippen LogP contribution is -2.40. The highest BCUT2D eigenvalue weighted by atomic mass is 19.1. The van der Waals surface area contributed by atoms with E-state index in [-0.39, 0.29) is 11.7 Å². The Morgan fingerprint density at radius 1 is 1.50 bits per heavy atom. The van der Waals surface area contributed by atoms with E-state index in [1.54, 1.807) is 6.07 Å². The Hall–Kier alpha value is -1.58. The first kappa shape index (κ1) is 10.9. The average Bonchev–Trinajstić information content (AvgIpc) is 2.15. The van der Waals surface area contributed by atoms with Gasteiger partial charge in [-0.2, -0.15) is 0 Å². The summed E-state index contributed by atoms with van der Waals surface area (Å²) in [7, 11) is 0. The molecular weight excluding hydrogens is 207 g/mol. The van der Waals surface area contributed by atoms with E-state index < -0.39 is 0 Å². The summed E-state index contributed by atoms with van der Waals surface area (Å²) in [6.07, 6.45) is 0. The molecule has 0 saturated heterocycles. The van der Waals surface area contributed by atoms with Gasteiger partial charge >= 0.3 is 0 Å². The fourth-order valence-electron chi connectivity index (χ4n) is 1.94. The maximum absolute atomic E-state index is 13.0. The standard InChI is InChI=1S/C12H15FN2O/c1-8(2)6-15-7-12(16)14-10-5-9(13)3-4-11(10)15/h3-5,8H,6-7H2,1-2H3,(H,14,16). The predicted molar refractivity (Wildman–Crippen MR) is 62.1 cm³/mol. The largest absolute Gasteiger partial charge is 0.360 e. The molecule has 0 spiro atoms. The summed E-state index contributed by atoms with van der Waals surface area (Å²) >= 11 is 0. The zero-order chi connectivity index (χ0) is 11.7. The molecule has 0 unspecified atom stereocenters. The molecule has 1 heterocycles. The van der Waals surface area contributed by atoms with Crippen molar-refractivity contribution in [3.05, 3.63) is 24.0 Å². The number of amides is 1. The van der Waals surface area contributed by atoms with Gasteiger partial charge in [0.1, 0.15) is 5.82 Å². The molecule has 1 aliphatic rings. The summed E-state index contributed by atoms with van der Waals surface area (Å²) in [6.45, 7) is 5.33. The number of nitrogens with zero attached hydrogens (tertiary/aromatic N) is 1. The summed E-state index contributed by atoms with van der Waals surface area (Å²) in [4.78, 5) is 13.4. The Kier molecular flexibility index (Phi) is 2.81. The van der Waals surface area contributed by atoms with E-state index in [0.717, 1.165) is 12.2 Å². The van der Waals surface area contributed by atoms with Crippen LogP contribution >= 0.6 is 0 Å². The predicted octanol–water partition coefficient (Wildman–Crippen LogP) is 2.24. The minimum absolute atomic E-state index is 0.0845. The van der Waals surface area contributed by atoms with E-state index in [4.69, 9.17) is 0 Å². The molecule has 1 amide bonds. The highest BCUT2D eigenvalue weighted by Gasteiger charge is 2.22. The number of benzene rings is 1. The van der Waals surface area contributed by atoms with E-state index in [2.05, 4.69) is 19.2 Å². The number of nitrogens with one attached hydrogen (secondary N) is 1. The summed E-state index contributed by atoms with van der Waals surface area (Å²) in [5, 5.41) is 2.68. The van der Waals surface area contributed by atoms with Crippen LogP contribution < -0.4 is 10.2 Å². The molecule has 0 radical (unpaired) electrons. The zero-order valence-electron chi connectivity index (χ0n) is 9.46. The monoisotopic (exact) mass is 222 g/mol. The van der Waals surface area contributed by atoms with Crippen LogP contribution in [-0.4, -0.2) is 19.0 Å². The molecule has 0 aromatic heterocycles. The van der Waals surface area contributed by atoms with Gasteiger partial charge in [0.15, 0.2) is 0 Å². The molecule has 1 aromatic rings. The Balaban J connectivity index is 2.34. The second-order valence-electron chi connectivity index (χ2n) is 4.48. The van der Waals surface area contributed by atoms with Crippen molar-refractivity contribution in [2.24, 2.45) is 5.92 Å². The van der Waals surface area contributed by atoms with Gasteiger partial charge in [-0.25, -0.2) is 4.39 Å². The van der Waals surface area contributed by atoms with Crippen LogP contribution in [0.15, 0.2) is 18.2 Å². The minimum atomic E-state index is -0.328. The highest BCUT2D eigenvalue weighted by molar-refractivity contribution is 6.01. The molecule has 0 saturated carbocycles. The molecule has 2 rings (SSSR count). The lowest BCUT2D eigenvalue weighted by atomic mass is 10.1. The number of rotatable bonds is 2.